The second-order valence-electron chi connectivity index (χ2n) is 7.72. The monoisotopic (exact) mass is 339 g/mol. The van der Waals surface area contributed by atoms with Crippen LogP contribution in [0.25, 0.3) is 0 Å². The van der Waals surface area contributed by atoms with Gasteiger partial charge in [0.25, 0.3) is 0 Å². The van der Waals surface area contributed by atoms with Gasteiger partial charge in [-0.15, -0.1) is 0 Å². The van der Waals surface area contributed by atoms with Crippen molar-refractivity contribution >= 4 is 5.91 Å². The van der Waals surface area contributed by atoms with Crippen molar-refractivity contribution < 1.29 is 4.79 Å². The van der Waals surface area contributed by atoms with Gasteiger partial charge in [0, 0.05) is 26.2 Å². The Morgan fingerprint density at radius 3 is 2.44 bits per heavy atom. The highest BCUT2D eigenvalue weighted by Gasteiger charge is 2.27. The molecule has 2 aliphatic rings. The van der Waals surface area contributed by atoms with Gasteiger partial charge in [-0.05, 0) is 48.3 Å². The topological polar surface area (TPSA) is 47.3 Å². The number of piperazine rings is 1. The Morgan fingerprint density at radius 1 is 1.12 bits per heavy atom. The van der Waals surface area contributed by atoms with Crippen LogP contribution in [0.4, 0.5) is 0 Å². The summed E-state index contributed by atoms with van der Waals surface area (Å²) in [6.07, 6.45) is 5.39. The fourth-order valence-electron chi connectivity index (χ4n) is 4.09. The molecule has 4 heteroatoms. The van der Waals surface area contributed by atoms with Crippen LogP contribution in [0.5, 0.6) is 0 Å². The smallest absolute Gasteiger partial charge is 0.227 e. The third-order valence-corrected chi connectivity index (χ3v) is 5.59. The molecule has 1 aromatic rings. The Bertz CT molecular complexity index is 654. The van der Waals surface area contributed by atoms with Crippen molar-refractivity contribution in [1.29, 1.82) is 5.26 Å². The largest absolute Gasteiger partial charge is 0.340 e. The van der Waals surface area contributed by atoms with Gasteiger partial charge in [-0.3, -0.25) is 9.69 Å². The zero-order valence-electron chi connectivity index (χ0n) is 15.5. The predicted molar refractivity (Wildman–Crippen MR) is 99.2 cm³/mol. The number of nitrogens with zero attached hydrogens (tertiary/aromatic N) is 3. The standard InChI is InChI=1S/C21H29N3O/c1-16(2)20(15-22)23-9-11-24(12-10-23)21(25)14-17-7-8-18-5-3-4-6-19(18)13-17/h7-8,13,16,20H,3-6,9-12,14H2,1-2H3. The number of benzene rings is 1. The summed E-state index contributed by atoms with van der Waals surface area (Å²) in [7, 11) is 0. The molecule has 0 spiro atoms. The van der Waals surface area contributed by atoms with Crippen LogP contribution in [0.15, 0.2) is 18.2 Å². The molecule has 1 amide bonds. The number of rotatable bonds is 4. The summed E-state index contributed by atoms with van der Waals surface area (Å²) in [6, 6.07) is 8.95. The minimum Gasteiger partial charge on any atom is -0.340 e. The number of fused-ring (bicyclic) bond motifs is 1. The average molecular weight is 339 g/mol. The van der Waals surface area contributed by atoms with Gasteiger partial charge in [0.05, 0.1) is 12.5 Å². The van der Waals surface area contributed by atoms with E-state index in [9.17, 15) is 10.1 Å². The molecule has 134 valence electrons. The van der Waals surface area contributed by atoms with Crippen molar-refractivity contribution in [2.75, 3.05) is 26.2 Å². The molecule has 1 saturated heterocycles. The molecule has 1 aliphatic heterocycles. The Labute approximate surface area is 151 Å². The predicted octanol–water partition coefficient (Wildman–Crippen LogP) is 2.80. The van der Waals surface area contributed by atoms with Crippen molar-refractivity contribution in [3.8, 4) is 6.07 Å². The first-order valence-corrected chi connectivity index (χ1v) is 9.60. The molecule has 1 aromatic carbocycles. The van der Waals surface area contributed by atoms with Crippen LogP contribution in [-0.2, 0) is 24.1 Å². The molecule has 0 saturated carbocycles. The lowest BCUT2D eigenvalue weighted by atomic mass is 9.90. The van der Waals surface area contributed by atoms with E-state index in [4.69, 9.17) is 0 Å². The van der Waals surface area contributed by atoms with E-state index in [-0.39, 0.29) is 11.9 Å². The normalized spacial score (nSPS) is 19.4. The number of aryl methyl sites for hydroxylation is 2. The molecule has 25 heavy (non-hydrogen) atoms. The number of carbonyl (C=O) groups is 1. The van der Waals surface area contributed by atoms with Crippen molar-refractivity contribution in [2.45, 2.75) is 52.0 Å². The number of hydrogen-bond acceptors (Lipinski definition) is 3. The van der Waals surface area contributed by atoms with Crippen LogP contribution in [0, 0.1) is 17.2 Å². The molecule has 0 aromatic heterocycles. The molecular weight excluding hydrogens is 310 g/mol. The molecule has 1 heterocycles. The minimum atomic E-state index is -0.0436. The van der Waals surface area contributed by atoms with Crippen molar-refractivity contribution in [3.05, 3.63) is 34.9 Å². The van der Waals surface area contributed by atoms with Crippen LogP contribution in [0.2, 0.25) is 0 Å². The molecule has 1 atom stereocenters. The summed E-state index contributed by atoms with van der Waals surface area (Å²) in [5, 5.41) is 9.34. The average Bonchev–Trinajstić information content (AvgIpc) is 2.62. The van der Waals surface area contributed by atoms with Gasteiger partial charge in [-0.2, -0.15) is 5.26 Å². The number of nitriles is 1. The van der Waals surface area contributed by atoms with Crippen molar-refractivity contribution in [3.63, 3.8) is 0 Å². The van der Waals surface area contributed by atoms with Crippen molar-refractivity contribution in [1.82, 2.24) is 9.80 Å². The lowest BCUT2D eigenvalue weighted by Crippen LogP contribution is -2.53. The minimum absolute atomic E-state index is 0.0436. The van der Waals surface area contributed by atoms with Crippen LogP contribution >= 0.6 is 0 Å². The molecule has 4 nitrogen and oxygen atoms in total. The van der Waals surface area contributed by atoms with Gasteiger partial charge < -0.3 is 4.90 Å². The number of carbonyl (C=O) groups excluding carboxylic acids is 1. The van der Waals surface area contributed by atoms with E-state index in [0.717, 1.165) is 38.2 Å². The lowest BCUT2D eigenvalue weighted by Gasteiger charge is -2.38. The molecule has 1 fully saturated rings. The van der Waals surface area contributed by atoms with E-state index in [2.05, 4.69) is 43.0 Å². The fraction of sp³-hybridized carbons (Fsp3) is 0.619. The highest BCUT2D eigenvalue weighted by molar-refractivity contribution is 5.79. The van der Waals surface area contributed by atoms with Gasteiger partial charge in [0.1, 0.15) is 6.04 Å². The Morgan fingerprint density at radius 2 is 1.80 bits per heavy atom. The molecule has 3 rings (SSSR count). The zero-order valence-corrected chi connectivity index (χ0v) is 15.5. The van der Waals surface area contributed by atoms with Crippen molar-refractivity contribution in [2.24, 2.45) is 5.92 Å². The number of amides is 1. The molecule has 1 unspecified atom stereocenters. The van der Waals surface area contributed by atoms with Gasteiger partial charge in [0.15, 0.2) is 0 Å². The van der Waals surface area contributed by atoms with Gasteiger partial charge in [-0.25, -0.2) is 0 Å². The Hall–Kier alpha value is -1.86. The second-order valence-corrected chi connectivity index (χ2v) is 7.72. The maximum absolute atomic E-state index is 12.7. The Balaban J connectivity index is 1.56. The van der Waals surface area contributed by atoms with Crippen LogP contribution in [0.3, 0.4) is 0 Å². The quantitative estimate of drug-likeness (QED) is 0.847. The lowest BCUT2D eigenvalue weighted by molar-refractivity contribution is -0.132. The van der Waals surface area contributed by atoms with Gasteiger partial charge in [-0.1, -0.05) is 32.0 Å². The summed E-state index contributed by atoms with van der Waals surface area (Å²) in [4.78, 5) is 16.8. The van der Waals surface area contributed by atoms with Gasteiger partial charge >= 0.3 is 0 Å². The highest BCUT2D eigenvalue weighted by Crippen LogP contribution is 2.23. The molecule has 0 radical (unpaired) electrons. The first-order chi connectivity index (χ1) is 12.1. The van der Waals surface area contributed by atoms with E-state index in [0.29, 0.717) is 12.3 Å². The first-order valence-electron chi connectivity index (χ1n) is 9.60. The second kappa shape index (κ2) is 8.01. The summed E-state index contributed by atoms with van der Waals surface area (Å²) in [5.74, 6) is 0.538. The molecule has 0 bridgehead atoms. The summed E-state index contributed by atoms with van der Waals surface area (Å²) < 4.78 is 0. The van der Waals surface area contributed by atoms with Crippen LogP contribution in [0.1, 0.15) is 43.4 Å². The van der Waals surface area contributed by atoms with Gasteiger partial charge in [0.2, 0.25) is 5.91 Å². The number of hydrogen-bond donors (Lipinski definition) is 0. The molecule has 0 N–H and O–H groups in total. The van der Waals surface area contributed by atoms with Crippen LogP contribution < -0.4 is 0 Å². The maximum Gasteiger partial charge on any atom is 0.227 e. The molecule has 1 aliphatic carbocycles. The summed E-state index contributed by atoms with van der Waals surface area (Å²) in [5.41, 5.74) is 4.05. The van der Waals surface area contributed by atoms with E-state index in [1.807, 2.05) is 4.90 Å². The Kier molecular flexibility index (Phi) is 5.75. The highest BCUT2D eigenvalue weighted by atomic mass is 16.2. The zero-order chi connectivity index (χ0) is 17.8. The van der Waals surface area contributed by atoms with E-state index in [1.165, 1.54) is 30.4 Å². The third-order valence-electron chi connectivity index (χ3n) is 5.59. The third kappa shape index (κ3) is 4.22. The first kappa shape index (κ1) is 17.9. The summed E-state index contributed by atoms with van der Waals surface area (Å²) in [6.45, 7) is 7.23. The fourth-order valence-corrected chi connectivity index (χ4v) is 4.09. The SMILES string of the molecule is CC(C)C(C#N)N1CCN(C(=O)Cc2ccc3c(c2)CCCC3)CC1. The van der Waals surface area contributed by atoms with Crippen LogP contribution in [-0.4, -0.2) is 47.9 Å². The maximum atomic E-state index is 12.7. The van der Waals surface area contributed by atoms with E-state index >= 15 is 0 Å². The van der Waals surface area contributed by atoms with E-state index in [1.54, 1.807) is 0 Å². The summed E-state index contributed by atoms with van der Waals surface area (Å²) >= 11 is 0. The van der Waals surface area contributed by atoms with E-state index < -0.39 is 0 Å². The molecular formula is C21H29N3O.